The number of furan rings is 1. The van der Waals surface area contributed by atoms with Gasteiger partial charge in [-0.1, -0.05) is 38.3 Å². The van der Waals surface area contributed by atoms with Gasteiger partial charge >= 0.3 is 0 Å². The van der Waals surface area contributed by atoms with E-state index >= 15 is 0 Å². The van der Waals surface area contributed by atoms with E-state index in [1.54, 1.807) is 0 Å². The second-order valence-electron chi connectivity index (χ2n) is 6.62. The highest BCUT2D eigenvalue weighted by Crippen LogP contribution is 2.47. The van der Waals surface area contributed by atoms with Crippen molar-refractivity contribution in [3.63, 3.8) is 0 Å². The van der Waals surface area contributed by atoms with Crippen molar-refractivity contribution in [2.45, 2.75) is 45.6 Å². The number of aliphatic hydroxyl groups is 1. The molecular formula is C17H21ClO2. The molecule has 1 saturated carbocycles. The number of benzene rings is 1. The van der Waals surface area contributed by atoms with Gasteiger partial charge in [-0.05, 0) is 48.4 Å². The molecule has 3 heteroatoms. The van der Waals surface area contributed by atoms with Crippen molar-refractivity contribution >= 4 is 22.6 Å². The second-order valence-corrected chi connectivity index (χ2v) is 7.05. The maximum atomic E-state index is 10.7. The minimum atomic E-state index is -0.531. The molecule has 1 aromatic carbocycles. The van der Waals surface area contributed by atoms with Gasteiger partial charge in [-0.3, -0.25) is 0 Å². The molecule has 0 bridgehead atoms. The lowest BCUT2D eigenvalue weighted by Crippen LogP contribution is -2.32. The summed E-state index contributed by atoms with van der Waals surface area (Å²) in [4.78, 5) is 0. The third-order valence-corrected chi connectivity index (χ3v) is 5.00. The van der Waals surface area contributed by atoms with E-state index in [9.17, 15) is 5.11 Å². The second kappa shape index (κ2) is 5.09. The van der Waals surface area contributed by atoms with Crippen LogP contribution in [0.5, 0.6) is 0 Å². The maximum absolute atomic E-state index is 10.7. The van der Waals surface area contributed by atoms with Crippen LogP contribution in [0.3, 0.4) is 0 Å². The topological polar surface area (TPSA) is 33.4 Å². The molecule has 0 amide bonds. The zero-order valence-electron chi connectivity index (χ0n) is 12.0. The Balaban J connectivity index is 1.93. The van der Waals surface area contributed by atoms with Crippen molar-refractivity contribution in [2.75, 3.05) is 0 Å². The summed E-state index contributed by atoms with van der Waals surface area (Å²) >= 11 is 6.00. The first-order chi connectivity index (χ1) is 9.47. The minimum absolute atomic E-state index is 0.161. The number of hydrogen-bond acceptors (Lipinski definition) is 2. The first kappa shape index (κ1) is 14.0. The summed E-state index contributed by atoms with van der Waals surface area (Å²) in [5, 5.41) is 12.4. The zero-order chi connectivity index (χ0) is 14.3. The van der Waals surface area contributed by atoms with Crippen LogP contribution in [0.4, 0.5) is 0 Å². The summed E-state index contributed by atoms with van der Waals surface area (Å²) in [5.41, 5.74) is 0.950. The molecule has 1 heterocycles. The summed E-state index contributed by atoms with van der Waals surface area (Å²) in [6.07, 6.45) is 4.15. The van der Waals surface area contributed by atoms with E-state index in [2.05, 4.69) is 13.8 Å². The van der Waals surface area contributed by atoms with Crippen molar-refractivity contribution in [1.29, 1.82) is 0 Å². The van der Waals surface area contributed by atoms with Crippen LogP contribution in [-0.4, -0.2) is 5.11 Å². The number of halogens is 1. The first-order valence-corrected chi connectivity index (χ1v) is 7.72. The molecular weight excluding hydrogens is 272 g/mol. The molecule has 3 rings (SSSR count). The zero-order valence-corrected chi connectivity index (χ0v) is 12.8. The molecule has 2 atom stereocenters. The van der Waals surface area contributed by atoms with E-state index in [1.807, 2.05) is 24.3 Å². The van der Waals surface area contributed by atoms with Gasteiger partial charge in [-0.2, -0.15) is 0 Å². The molecule has 20 heavy (non-hydrogen) atoms. The third kappa shape index (κ3) is 2.47. The Labute approximate surface area is 124 Å². The van der Waals surface area contributed by atoms with Gasteiger partial charge in [0.1, 0.15) is 17.4 Å². The predicted molar refractivity (Wildman–Crippen MR) is 81.9 cm³/mol. The minimum Gasteiger partial charge on any atom is -0.458 e. The molecule has 1 N–H and O–H groups in total. The van der Waals surface area contributed by atoms with Crippen LogP contribution in [0, 0.1) is 11.3 Å². The normalized spacial score (nSPS) is 23.9. The Morgan fingerprint density at radius 1 is 1.30 bits per heavy atom. The number of fused-ring (bicyclic) bond motifs is 1. The van der Waals surface area contributed by atoms with Crippen LogP contribution >= 0.6 is 11.6 Å². The van der Waals surface area contributed by atoms with Crippen molar-refractivity contribution in [1.82, 2.24) is 0 Å². The van der Waals surface area contributed by atoms with Crippen LogP contribution in [0.15, 0.2) is 28.7 Å². The Bertz CT molecular complexity index is 614. The van der Waals surface area contributed by atoms with Gasteiger partial charge in [0.2, 0.25) is 0 Å². The van der Waals surface area contributed by atoms with Gasteiger partial charge in [0.15, 0.2) is 0 Å². The lowest BCUT2D eigenvalue weighted by atomic mass is 9.66. The van der Waals surface area contributed by atoms with E-state index in [4.69, 9.17) is 16.0 Å². The van der Waals surface area contributed by atoms with Gasteiger partial charge < -0.3 is 9.52 Å². The van der Waals surface area contributed by atoms with Crippen LogP contribution in [0.25, 0.3) is 11.0 Å². The van der Waals surface area contributed by atoms with Crippen LogP contribution < -0.4 is 0 Å². The van der Waals surface area contributed by atoms with Gasteiger partial charge in [0, 0.05) is 10.4 Å². The third-order valence-electron chi connectivity index (χ3n) is 4.76. The van der Waals surface area contributed by atoms with Crippen molar-refractivity contribution in [2.24, 2.45) is 11.3 Å². The first-order valence-electron chi connectivity index (χ1n) is 7.34. The Morgan fingerprint density at radius 3 is 2.85 bits per heavy atom. The van der Waals surface area contributed by atoms with Crippen LogP contribution in [-0.2, 0) is 0 Å². The highest BCUT2D eigenvalue weighted by Gasteiger charge is 2.38. The lowest BCUT2D eigenvalue weighted by molar-refractivity contribution is -0.00718. The molecule has 2 unspecified atom stereocenters. The summed E-state index contributed by atoms with van der Waals surface area (Å²) < 4.78 is 5.82. The van der Waals surface area contributed by atoms with E-state index < -0.39 is 6.10 Å². The van der Waals surface area contributed by atoms with E-state index in [0.717, 1.165) is 17.4 Å². The summed E-state index contributed by atoms with van der Waals surface area (Å²) in [6.45, 7) is 4.50. The van der Waals surface area contributed by atoms with Gasteiger partial charge in [0.05, 0.1) is 0 Å². The van der Waals surface area contributed by atoms with Crippen molar-refractivity contribution < 1.29 is 9.52 Å². The predicted octanol–water partition coefficient (Wildman–Crippen LogP) is 5.34. The average molecular weight is 293 g/mol. The molecule has 0 radical (unpaired) electrons. The van der Waals surface area contributed by atoms with Crippen molar-refractivity contribution in [3.8, 4) is 0 Å². The Hall–Kier alpha value is -0.990. The molecule has 1 fully saturated rings. The van der Waals surface area contributed by atoms with Crippen molar-refractivity contribution in [3.05, 3.63) is 35.0 Å². The lowest BCUT2D eigenvalue weighted by Gasteiger charge is -2.40. The standard InChI is InChI=1S/C17H21ClO2/c1-17(2)8-4-3-5-13(17)16(19)15-10-11-9-12(18)6-7-14(11)20-15/h6-7,9-10,13,16,19H,3-5,8H2,1-2H3. The Kier molecular flexibility index (Phi) is 3.55. The molecule has 0 aliphatic heterocycles. The monoisotopic (exact) mass is 292 g/mol. The van der Waals surface area contributed by atoms with Gasteiger partial charge in [0.25, 0.3) is 0 Å². The largest absolute Gasteiger partial charge is 0.458 e. The van der Waals surface area contributed by atoms with E-state index in [-0.39, 0.29) is 11.3 Å². The maximum Gasteiger partial charge on any atom is 0.134 e. The van der Waals surface area contributed by atoms with E-state index in [0.29, 0.717) is 10.8 Å². The molecule has 2 nitrogen and oxygen atoms in total. The molecule has 1 aliphatic carbocycles. The quantitative estimate of drug-likeness (QED) is 0.811. The van der Waals surface area contributed by atoms with E-state index in [1.165, 1.54) is 19.3 Å². The highest BCUT2D eigenvalue weighted by atomic mass is 35.5. The number of aliphatic hydroxyl groups excluding tert-OH is 1. The summed E-state index contributed by atoms with van der Waals surface area (Å²) in [7, 11) is 0. The molecule has 0 spiro atoms. The number of hydrogen-bond donors (Lipinski definition) is 1. The van der Waals surface area contributed by atoms with Crippen LogP contribution in [0.2, 0.25) is 5.02 Å². The Morgan fingerprint density at radius 2 is 2.10 bits per heavy atom. The summed E-state index contributed by atoms with van der Waals surface area (Å²) in [5.74, 6) is 0.925. The summed E-state index contributed by atoms with van der Waals surface area (Å²) in [6, 6.07) is 7.48. The fourth-order valence-electron chi connectivity index (χ4n) is 3.49. The smallest absolute Gasteiger partial charge is 0.134 e. The molecule has 0 saturated heterocycles. The van der Waals surface area contributed by atoms with Gasteiger partial charge in [-0.15, -0.1) is 0 Å². The fourth-order valence-corrected chi connectivity index (χ4v) is 3.67. The SMILES string of the molecule is CC1(C)CCCCC1C(O)c1cc2cc(Cl)ccc2o1. The molecule has 108 valence electrons. The fraction of sp³-hybridized carbons (Fsp3) is 0.529. The molecule has 1 aromatic heterocycles. The van der Waals surface area contributed by atoms with Crippen LogP contribution in [0.1, 0.15) is 51.4 Å². The number of rotatable bonds is 2. The molecule has 2 aromatic rings. The molecule has 1 aliphatic rings. The van der Waals surface area contributed by atoms with Gasteiger partial charge in [-0.25, -0.2) is 0 Å². The average Bonchev–Trinajstić information content (AvgIpc) is 2.80. The highest BCUT2D eigenvalue weighted by molar-refractivity contribution is 6.31.